The molecule has 3 aromatic rings. The number of hydrogen-bond donors (Lipinski definition) is 2. The van der Waals surface area contributed by atoms with Gasteiger partial charge in [0.1, 0.15) is 12.1 Å². The standard InChI is InChI=1S/C19H22N6O/c1-4-16-15(18(20)22-12-21-16)11-25(3)23-10-14-7-5-6-13-8-9-24(2)19(26)17(13)14/h4-9,11-12,23H,10H2,1-3H3,(H2,20,21,22)/b15-11+,16-4+. The van der Waals surface area contributed by atoms with Crippen LogP contribution in [0.25, 0.3) is 23.0 Å². The van der Waals surface area contributed by atoms with Gasteiger partial charge in [-0.15, -0.1) is 0 Å². The summed E-state index contributed by atoms with van der Waals surface area (Å²) in [4.78, 5) is 20.7. The molecule has 7 heteroatoms. The third-order valence-corrected chi connectivity index (χ3v) is 4.26. The highest BCUT2D eigenvalue weighted by molar-refractivity contribution is 5.84. The van der Waals surface area contributed by atoms with E-state index in [9.17, 15) is 4.79 Å². The lowest BCUT2D eigenvalue weighted by Crippen LogP contribution is -2.38. The van der Waals surface area contributed by atoms with Crippen molar-refractivity contribution in [1.82, 2.24) is 25.0 Å². The first-order chi connectivity index (χ1) is 12.5. The Bertz CT molecular complexity index is 1120. The normalized spacial score (nSPS) is 12.7. The maximum Gasteiger partial charge on any atom is 0.258 e. The van der Waals surface area contributed by atoms with Crippen molar-refractivity contribution < 1.29 is 0 Å². The fraction of sp³-hybridized carbons (Fsp3) is 0.211. The number of rotatable bonds is 4. The number of nitrogen functional groups attached to an aromatic ring is 1. The van der Waals surface area contributed by atoms with E-state index < -0.39 is 0 Å². The second-order valence-electron chi connectivity index (χ2n) is 6.03. The molecule has 0 amide bonds. The molecule has 0 saturated heterocycles. The van der Waals surface area contributed by atoms with Crippen molar-refractivity contribution in [2.45, 2.75) is 13.5 Å². The van der Waals surface area contributed by atoms with Crippen LogP contribution in [-0.4, -0.2) is 26.6 Å². The van der Waals surface area contributed by atoms with Crippen LogP contribution in [0.1, 0.15) is 12.5 Å². The summed E-state index contributed by atoms with van der Waals surface area (Å²) in [6.07, 6.45) is 6.95. The summed E-state index contributed by atoms with van der Waals surface area (Å²) in [6, 6.07) is 7.80. The molecular formula is C19H22N6O. The van der Waals surface area contributed by atoms with Crippen LogP contribution in [0.5, 0.6) is 0 Å². The van der Waals surface area contributed by atoms with E-state index in [0.717, 1.165) is 26.9 Å². The van der Waals surface area contributed by atoms with E-state index in [1.54, 1.807) is 22.8 Å². The monoisotopic (exact) mass is 350 g/mol. The largest absolute Gasteiger partial charge is 0.383 e. The molecular weight excluding hydrogens is 328 g/mol. The highest BCUT2D eigenvalue weighted by Gasteiger charge is 2.07. The Morgan fingerprint density at radius 1 is 1.31 bits per heavy atom. The average Bonchev–Trinajstić information content (AvgIpc) is 2.64. The highest BCUT2D eigenvalue weighted by atomic mass is 16.1. The van der Waals surface area contributed by atoms with E-state index in [4.69, 9.17) is 5.73 Å². The summed E-state index contributed by atoms with van der Waals surface area (Å²) in [5, 5.41) is 4.98. The lowest BCUT2D eigenvalue weighted by atomic mass is 10.1. The number of pyridine rings is 1. The van der Waals surface area contributed by atoms with Gasteiger partial charge in [-0.3, -0.25) is 4.79 Å². The lowest BCUT2D eigenvalue weighted by molar-refractivity contribution is 0.356. The van der Waals surface area contributed by atoms with Crippen molar-refractivity contribution in [3.8, 4) is 0 Å². The van der Waals surface area contributed by atoms with E-state index in [1.165, 1.54) is 6.33 Å². The quantitative estimate of drug-likeness (QED) is 0.648. The number of anilines is 1. The zero-order valence-electron chi connectivity index (χ0n) is 15.1. The van der Waals surface area contributed by atoms with Gasteiger partial charge in [-0.1, -0.05) is 24.3 Å². The number of aromatic nitrogens is 3. The number of nitrogens with zero attached hydrogens (tertiary/aromatic N) is 4. The second kappa shape index (κ2) is 7.37. The molecule has 0 saturated carbocycles. The fourth-order valence-corrected chi connectivity index (χ4v) is 2.84. The van der Waals surface area contributed by atoms with Crippen LogP contribution in [0.15, 0.2) is 41.6 Å². The number of hydrogen-bond acceptors (Lipinski definition) is 6. The molecule has 0 bridgehead atoms. The third-order valence-electron chi connectivity index (χ3n) is 4.26. The van der Waals surface area contributed by atoms with Gasteiger partial charge in [0, 0.05) is 33.0 Å². The number of aryl methyl sites for hydroxylation is 1. The van der Waals surface area contributed by atoms with Gasteiger partial charge in [0.25, 0.3) is 5.56 Å². The molecule has 0 aliphatic rings. The van der Waals surface area contributed by atoms with Crippen LogP contribution in [0.2, 0.25) is 0 Å². The molecule has 0 unspecified atom stereocenters. The van der Waals surface area contributed by atoms with Gasteiger partial charge in [-0.05, 0) is 23.9 Å². The molecule has 134 valence electrons. The van der Waals surface area contributed by atoms with Gasteiger partial charge in [-0.25, -0.2) is 15.4 Å². The summed E-state index contributed by atoms with van der Waals surface area (Å²) in [5.41, 5.74) is 10.2. The summed E-state index contributed by atoms with van der Waals surface area (Å²) >= 11 is 0. The van der Waals surface area contributed by atoms with Crippen LogP contribution >= 0.6 is 0 Å². The van der Waals surface area contributed by atoms with Gasteiger partial charge in [0.05, 0.1) is 16.0 Å². The minimum Gasteiger partial charge on any atom is -0.383 e. The summed E-state index contributed by atoms with van der Waals surface area (Å²) in [5.74, 6) is 0.417. The van der Waals surface area contributed by atoms with Crippen molar-refractivity contribution in [2.75, 3.05) is 12.8 Å². The smallest absolute Gasteiger partial charge is 0.258 e. The Morgan fingerprint density at radius 3 is 2.88 bits per heavy atom. The van der Waals surface area contributed by atoms with Gasteiger partial charge in [-0.2, -0.15) is 0 Å². The predicted octanol–water partition coefficient (Wildman–Crippen LogP) is 0.0857. The number of benzene rings is 1. The zero-order valence-corrected chi connectivity index (χ0v) is 15.1. The summed E-state index contributed by atoms with van der Waals surface area (Å²) < 4.78 is 1.59. The van der Waals surface area contributed by atoms with Crippen molar-refractivity contribution in [2.24, 2.45) is 7.05 Å². The molecule has 0 radical (unpaired) electrons. The van der Waals surface area contributed by atoms with E-state index in [0.29, 0.717) is 12.4 Å². The Balaban J connectivity index is 1.91. The van der Waals surface area contributed by atoms with Gasteiger partial charge < -0.3 is 15.3 Å². The molecule has 2 heterocycles. The SMILES string of the molecule is C/C=c1/ncnc(N)/c1=C/N(C)NCc1cccc2ccn(C)c(=O)c12. The van der Waals surface area contributed by atoms with Crippen molar-refractivity contribution >= 4 is 28.9 Å². The molecule has 0 aliphatic heterocycles. The zero-order chi connectivity index (χ0) is 18.7. The van der Waals surface area contributed by atoms with Crippen LogP contribution in [-0.2, 0) is 13.6 Å². The molecule has 1 aromatic carbocycles. The topological polar surface area (TPSA) is 89.1 Å². The fourth-order valence-electron chi connectivity index (χ4n) is 2.84. The number of nitrogens with one attached hydrogen (secondary N) is 1. The van der Waals surface area contributed by atoms with Crippen LogP contribution in [0.4, 0.5) is 5.82 Å². The van der Waals surface area contributed by atoms with Crippen molar-refractivity contribution in [3.63, 3.8) is 0 Å². The van der Waals surface area contributed by atoms with E-state index in [2.05, 4.69) is 15.4 Å². The van der Waals surface area contributed by atoms with Crippen LogP contribution < -0.4 is 27.3 Å². The predicted molar refractivity (Wildman–Crippen MR) is 104 cm³/mol. The highest BCUT2D eigenvalue weighted by Crippen LogP contribution is 2.14. The van der Waals surface area contributed by atoms with Crippen molar-refractivity contribution in [1.29, 1.82) is 0 Å². The second-order valence-corrected chi connectivity index (χ2v) is 6.03. The average molecular weight is 350 g/mol. The van der Waals surface area contributed by atoms with Gasteiger partial charge in [0.15, 0.2) is 0 Å². The lowest BCUT2D eigenvalue weighted by Gasteiger charge is -2.17. The number of nitrogens with two attached hydrogens (primary N) is 1. The molecule has 3 N–H and O–H groups in total. The first-order valence-corrected chi connectivity index (χ1v) is 8.29. The molecule has 3 rings (SSSR count). The molecule has 0 aliphatic carbocycles. The molecule has 0 atom stereocenters. The first-order valence-electron chi connectivity index (χ1n) is 8.29. The Kier molecular flexibility index (Phi) is 4.99. The summed E-state index contributed by atoms with van der Waals surface area (Å²) in [6.45, 7) is 2.40. The Labute approximate surface area is 151 Å². The number of hydrazine groups is 1. The van der Waals surface area contributed by atoms with E-state index in [-0.39, 0.29) is 5.56 Å². The van der Waals surface area contributed by atoms with Crippen LogP contribution in [0.3, 0.4) is 0 Å². The molecule has 7 nitrogen and oxygen atoms in total. The Hall–Kier alpha value is -3.19. The van der Waals surface area contributed by atoms with Gasteiger partial charge in [0.2, 0.25) is 0 Å². The minimum absolute atomic E-state index is 0.00453. The molecule has 0 fully saturated rings. The Morgan fingerprint density at radius 2 is 2.12 bits per heavy atom. The minimum atomic E-state index is -0.00453. The van der Waals surface area contributed by atoms with Gasteiger partial charge >= 0.3 is 0 Å². The maximum atomic E-state index is 12.5. The first kappa shape index (κ1) is 17.6. The molecule has 26 heavy (non-hydrogen) atoms. The van der Waals surface area contributed by atoms with E-state index in [1.807, 2.05) is 50.5 Å². The molecule has 0 spiro atoms. The maximum absolute atomic E-state index is 12.5. The third kappa shape index (κ3) is 3.43. The molecule has 2 aromatic heterocycles. The van der Waals surface area contributed by atoms with E-state index >= 15 is 0 Å². The summed E-state index contributed by atoms with van der Waals surface area (Å²) in [7, 11) is 3.63. The number of fused-ring (bicyclic) bond motifs is 1. The van der Waals surface area contributed by atoms with Crippen LogP contribution in [0, 0.1) is 0 Å². The van der Waals surface area contributed by atoms with Crippen molar-refractivity contribution in [3.05, 3.63) is 63.3 Å².